The lowest BCUT2D eigenvalue weighted by atomic mass is 10.2. The van der Waals surface area contributed by atoms with E-state index in [2.05, 4.69) is 10.1 Å². The Labute approximate surface area is 109 Å². The molecule has 0 aliphatic heterocycles. The van der Waals surface area contributed by atoms with Crippen molar-refractivity contribution in [2.24, 2.45) is 0 Å². The van der Waals surface area contributed by atoms with Crippen LogP contribution in [0.4, 0.5) is 10.5 Å². The SMILES string of the molecule is COc1cccc(NCC(=O)OC(=O)NO)c1OC. The van der Waals surface area contributed by atoms with E-state index >= 15 is 0 Å². The summed E-state index contributed by atoms with van der Waals surface area (Å²) in [6.45, 7) is -0.281. The molecule has 0 bridgehead atoms. The van der Waals surface area contributed by atoms with Crippen LogP contribution in [0.1, 0.15) is 0 Å². The molecule has 0 fully saturated rings. The van der Waals surface area contributed by atoms with Gasteiger partial charge in [0, 0.05) is 0 Å². The smallest absolute Gasteiger partial charge is 0.438 e. The molecule has 1 aromatic rings. The average molecular weight is 270 g/mol. The molecule has 0 radical (unpaired) electrons. The van der Waals surface area contributed by atoms with E-state index in [0.717, 1.165) is 0 Å². The molecule has 3 N–H and O–H groups in total. The van der Waals surface area contributed by atoms with Crippen molar-refractivity contribution in [1.29, 1.82) is 0 Å². The maximum Gasteiger partial charge on any atom is 0.438 e. The molecule has 1 aromatic carbocycles. The summed E-state index contributed by atoms with van der Waals surface area (Å²) in [5.41, 5.74) is 1.68. The molecule has 0 unspecified atom stereocenters. The number of carbonyl (C=O) groups excluding carboxylic acids is 2. The maximum atomic E-state index is 11.2. The zero-order chi connectivity index (χ0) is 14.3. The van der Waals surface area contributed by atoms with Crippen molar-refractivity contribution < 1.29 is 29.0 Å². The standard InChI is InChI=1S/C11H14N2O6/c1-17-8-5-3-4-7(10(8)18-2)12-6-9(14)19-11(15)13-16/h3-5,12,16H,6H2,1-2H3,(H,13,15). The summed E-state index contributed by atoms with van der Waals surface area (Å²) in [6, 6.07) is 5.07. The Morgan fingerprint density at radius 2 is 2.00 bits per heavy atom. The Hall–Kier alpha value is -2.48. The van der Waals surface area contributed by atoms with E-state index in [9.17, 15) is 9.59 Å². The Kier molecular flexibility index (Phi) is 5.42. The van der Waals surface area contributed by atoms with Crippen LogP contribution in [0.3, 0.4) is 0 Å². The van der Waals surface area contributed by atoms with Crippen LogP contribution in [0.2, 0.25) is 0 Å². The number of methoxy groups -OCH3 is 2. The van der Waals surface area contributed by atoms with Crippen LogP contribution in [0.5, 0.6) is 11.5 Å². The van der Waals surface area contributed by atoms with Crippen LogP contribution in [-0.2, 0) is 9.53 Å². The predicted molar refractivity (Wildman–Crippen MR) is 64.4 cm³/mol. The second kappa shape index (κ2) is 7.07. The van der Waals surface area contributed by atoms with Crippen LogP contribution in [0, 0.1) is 0 Å². The third kappa shape index (κ3) is 4.03. The minimum atomic E-state index is -1.25. The molecule has 1 rings (SSSR count). The number of amides is 1. The Morgan fingerprint density at radius 1 is 1.26 bits per heavy atom. The number of esters is 1. The fraction of sp³-hybridized carbons (Fsp3) is 0.273. The minimum absolute atomic E-state index is 0.281. The first kappa shape index (κ1) is 14.6. The number of carbonyl (C=O) groups is 2. The normalized spacial score (nSPS) is 9.42. The summed E-state index contributed by atoms with van der Waals surface area (Å²) in [6.07, 6.45) is -1.25. The van der Waals surface area contributed by atoms with Gasteiger partial charge in [-0.3, -0.25) is 5.21 Å². The molecule has 0 atom stereocenters. The molecule has 8 nitrogen and oxygen atoms in total. The van der Waals surface area contributed by atoms with Crippen molar-refractivity contribution in [3.05, 3.63) is 18.2 Å². The van der Waals surface area contributed by atoms with Crippen LogP contribution in [0.25, 0.3) is 0 Å². The number of hydrogen-bond acceptors (Lipinski definition) is 7. The fourth-order valence-corrected chi connectivity index (χ4v) is 1.36. The number of anilines is 1. The second-order valence-corrected chi connectivity index (χ2v) is 3.27. The zero-order valence-corrected chi connectivity index (χ0v) is 10.4. The molecule has 1 amide bonds. The lowest BCUT2D eigenvalue weighted by molar-refractivity contribution is -0.136. The predicted octanol–water partition coefficient (Wildman–Crippen LogP) is 0.758. The molecular weight excluding hydrogens is 256 g/mol. The van der Waals surface area contributed by atoms with Crippen molar-refractivity contribution >= 4 is 17.7 Å². The van der Waals surface area contributed by atoms with Crippen molar-refractivity contribution in [2.75, 3.05) is 26.1 Å². The van der Waals surface area contributed by atoms with E-state index in [1.54, 1.807) is 18.2 Å². The van der Waals surface area contributed by atoms with Crippen LogP contribution >= 0.6 is 0 Å². The number of hydroxylamine groups is 1. The molecule has 0 aromatic heterocycles. The Balaban J connectivity index is 2.67. The van der Waals surface area contributed by atoms with Gasteiger partial charge < -0.3 is 19.5 Å². The van der Waals surface area contributed by atoms with Gasteiger partial charge in [0.1, 0.15) is 6.54 Å². The summed E-state index contributed by atoms with van der Waals surface area (Å²) in [5.74, 6) is 0.0507. The second-order valence-electron chi connectivity index (χ2n) is 3.27. The molecule has 0 saturated heterocycles. The summed E-state index contributed by atoms with van der Waals surface area (Å²) in [7, 11) is 2.95. The minimum Gasteiger partial charge on any atom is -0.493 e. The number of ether oxygens (including phenoxy) is 3. The van der Waals surface area contributed by atoms with Gasteiger partial charge >= 0.3 is 12.1 Å². The molecule has 0 saturated carbocycles. The highest BCUT2D eigenvalue weighted by molar-refractivity contribution is 5.86. The number of nitrogens with one attached hydrogen (secondary N) is 2. The van der Waals surface area contributed by atoms with Crippen LogP contribution in [0.15, 0.2) is 18.2 Å². The molecular formula is C11H14N2O6. The quantitative estimate of drug-likeness (QED) is 0.314. The molecule has 0 spiro atoms. The molecule has 0 heterocycles. The van der Waals surface area contributed by atoms with Gasteiger partial charge in [-0.1, -0.05) is 6.07 Å². The lowest BCUT2D eigenvalue weighted by Crippen LogP contribution is -2.27. The van der Waals surface area contributed by atoms with Crippen molar-refractivity contribution in [2.45, 2.75) is 0 Å². The van der Waals surface area contributed by atoms with Crippen molar-refractivity contribution in [1.82, 2.24) is 5.48 Å². The van der Waals surface area contributed by atoms with E-state index in [4.69, 9.17) is 14.7 Å². The van der Waals surface area contributed by atoms with Gasteiger partial charge in [-0.15, -0.1) is 0 Å². The number of para-hydroxylation sites is 1. The third-order valence-electron chi connectivity index (χ3n) is 2.12. The largest absolute Gasteiger partial charge is 0.493 e. The van der Waals surface area contributed by atoms with E-state index in [-0.39, 0.29) is 6.54 Å². The first-order valence-corrected chi connectivity index (χ1v) is 5.22. The number of rotatable bonds is 5. The first-order chi connectivity index (χ1) is 9.12. The van der Waals surface area contributed by atoms with Gasteiger partial charge in [0.25, 0.3) is 0 Å². The van der Waals surface area contributed by atoms with Crippen LogP contribution < -0.4 is 20.3 Å². The highest BCUT2D eigenvalue weighted by Gasteiger charge is 2.12. The van der Waals surface area contributed by atoms with Gasteiger partial charge in [-0.25, -0.2) is 15.1 Å². The molecule has 104 valence electrons. The van der Waals surface area contributed by atoms with E-state index < -0.39 is 12.1 Å². The third-order valence-corrected chi connectivity index (χ3v) is 2.12. The first-order valence-electron chi connectivity index (χ1n) is 5.22. The van der Waals surface area contributed by atoms with Gasteiger partial charge in [0.2, 0.25) is 0 Å². The molecule has 0 aliphatic carbocycles. The van der Waals surface area contributed by atoms with E-state index in [0.29, 0.717) is 17.2 Å². The summed E-state index contributed by atoms with van der Waals surface area (Å²) in [4.78, 5) is 21.8. The number of benzene rings is 1. The fourth-order valence-electron chi connectivity index (χ4n) is 1.36. The van der Waals surface area contributed by atoms with Gasteiger partial charge in [-0.05, 0) is 12.1 Å². The molecule has 0 aliphatic rings. The highest BCUT2D eigenvalue weighted by atomic mass is 16.6. The van der Waals surface area contributed by atoms with E-state index in [1.807, 2.05) is 0 Å². The molecule has 19 heavy (non-hydrogen) atoms. The monoisotopic (exact) mass is 270 g/mol. The van der Waals surface area contributed by atoms with Crippen molar-refractivity contribution in [3.63, 3.8) is 0 Å². The van der Waals surface area contributed by atoms with Crippen LogP contribution in [-0.4, -0.2) is 38.0 Å². The maximum absolute atomic E-state index is 11.2. The summed E-state index contributed by atoms with van der Waals surface area (Å²) >= 11 is 0. The number of hydrogen-bond donors (Lipinski definition) is 3. The topological polar surface area (TPSA) is 106 Å². The van der Waals surface area contributed by atoms with E-state index in [1.165, 1.54) is 19.7 Å². The van der Waals surface area contributed by atoms with Crippen molar-refractivity contribution in [3.8, 4) is 11.5 Å². The summed E-state index contributed by atoms with van der Waals surface area (Å²) < 4.78 is 14.4. The van der Waals surface area contributed by atoms with Gasteiger partial charge in [0.05, 0.1) is 19.9 Å². The Bertz CT molecular complexity index is 462. The zero-order valence-electron chi connectivity index (χ0n) is 10.4. The Morgan fingerprint density at radius 3 is 2.58 bits per heavy atom. The van der Waals surface area contributed by atoms with Gasteiger partial charge in [0.15, 0.2) is 11.5 Å². The average Bonchev–Trinajstić information content (AvgIpc) is 2.44. The highest BCUT2D eigenvalue weighted by Crippen LogP contribution is 2.34. The molecule has 8 heteroatoms. The lowest BCUT2D eigenvalue weighted by Gasteiger charge is -2.13. The summed E-state index contributed by atoms with van der Waals surface area (Å²) in [5, 5.41) is 10.9. The van der Waals surface area contributed by atoms with Gasteiger partial charge in [-0.2, -0.15) is 0 Å².